The fourth-order valence-electron chi connectivity index (χ4n) is 3.26. The van der Waals surface area contributed by atoms with Crippen LogP contribution < -0.4 is 10.6 Å². The molecule has 4 rings (SSSR count). The molecule has 0 spiro atoms. The molecule has 0 atom stereocenters. The lowest BCUT2D eigenvalue weighted by Crippen LogP contribution is -2.14. The van der Waals surface area contributed by atoms with Crippen LogP contribution in [0.2, 0.25) is 0 Å². The average Bonchev–Trinajstić information content (AvgIpc) is 2.85. The average molecular weight is 472 g/mol. The number of pyridine rings is 1. The molecule has 1 aromatic heterocycles. The van der Waals surface area contributed by atoms with Crippen LogP contribution in [-0.2, 0) is 15.6 Å². The van der Waals surface area contributed by atoms with Gasteiger partial charge in [-0.2, -0.15) is 0 Å². The largest absolute Gasteiger partial charge is 0.322 e. The lowest BCUT2D eigenvalue weighted by atomic mass is 10.1. The number of amides is 2. The lowest BCUT2D eigenvalue weighted by molar-refractivity contribution is 0.101. The minimum absolute atomic E-state index is 0.159. The van der Waals surface area contributed by atoms with Crippen LogP contribution in [0.4, 0.5) is 11.4 Å². The quantitative estimate of drug-likeness (QED) is 0.411. The zero-order chi connectivity index (χ0) is 24.0. The number of hydrogen-bond acceptors (Lipinski definition) is 5. The van der Waals surface area contributed by atoms with E-state index >= 15 is 0 Å². The van der Waals surface area contributed by atoms with E-state index in [1.807, 2.05) is 0 Å². The number of carbonyl (C=O) groups excluding carboxylic acids is 2. The van der Waals surface area contributed by atoms with Gasteiger partial charge >= 0.3 is 0 Å². The number of carbonyl (C=O) groups is 2. The molecular formula is C26H21N3O4S. The maximum Gasteiger partial charge on any atom is 0.255 e. The second kappa shape index (κ2) is 10.1. The minimum Gasteiger partial charge on any atom is -0.322 e. The molecule has 0 saturated carbocycles. The van der Waals surface area contributed by atoms with Gasteiger partial charge in [-0.25, -0.2) is 8.42 Å². The van der Waals surface area contributed by atoms with Gasteiger partial charge in [0.25, 0.3) is 11.8 Å². The highest BCUT2D eigenvalue weighted by atomic mass is 32.2. The molecule has 0 radical (unpaired) electrons. The van der Waals surface area contributed by atoms with Gasteiger partial charge in [0.15, 0.2) is 9.84 Å². The normalized spacial score (nSPS) is 10.9. The molecule has 0 unspecified atom stereocenters. The Labute approximate surface area is 197 Å². The third-order valence-electron chi connectivity index (χ3n) is 5.00. The number of benzene rings is 3. The minimum atomic E-state index is -3.47. The molecule has 0 aliphatic carbocycles. The van der Waals surface area contributed by atoms with Gasteiger partial charge in [0.2, 0.25) is 0 Å². The third-order valence-corrected chi connectivity index (χ3v) is 6.70. The van der Waals surface area contributed by atoms with Crippen molar-refractivity contribution in [3.63, 3.8) is 0 Å². The Balaban J connectivity index is 1.41. The number of nitrogens with zero attached hydrogens (tertiary/aromatic N) is 1. The van der Waals surface area contributed by atoms with Gasteiger partial charge in [-0.15, -0.1) is 0 Å². The Morgan fingerprint density at radius 3 is 2.03 bits per heavy atom. The number of rotatable bonds is 7. The third kappa shape index (κ3) is 5.73. The van der Waals surface area contributed by atoms with E-state index in [0.717, 1.165) is 0 Å². The highest BCUT2D eigenvalue weighted by molar-refractivity contribution is 7.90. The predicted octanol–water partition coefficient (Wildman–Crippen LogP) is 4.56. The number of aromatic nitrogens is 1. The first-order chi connectivity index (χ1) is 16.4. The van der Waals surface area contributed by atoms with E-state index in [-0.39, 0.29) is 22.5 Å². The molecule has 2 amide bonds. The molecule has 1 heterocycles. The Kier molecular flexibility index (Phi) is 6.79. The van der Waals surface area contributed by atoms with Crippen molar-refractivity contribution in [3.8, 4) is 0 Å². The molecule has 34 heavy (non-hydrogen) atoms. The summed E-state index contributed by atoms with van der Waals surface area (Å²) in [5, 5.41) is 5.53. The molecule has 170 valence electrons. The van der Waals surface area contributed by atoms with Crippen LogP contribution in [0.15, 0.2) is 108 Å². The van der Waals surface area contributed by atoms with Crippen molar-refractivity contribution in [1.82, 2.24) is 4.98 Å². The van der Waals surface area contributed by atoms with E-state index in [9.17, 15) is 18.0 Å². The molecule has 0 aliphatic rings. The van der Waals surface area contributed by atoms with E-state index in [0.29, 0.717) is 28.1 Å². The molecule has 0 bridgehead atoms. The summed E-state index contributed by atoms with van der Waals surface area (Å²) in [6, 6.07) is 24.6. The second-order valence-corrected chi connectivity index (χ2v) is 9.48. The van der Waals surface area contributed by atoms with Crippen molar-refractivity contribution >= 4 is 33.0 Å². The van der Waals surface area contributed by atoms with E-state index in [4.69, 9.17) is 0 Å². The highest BCUT2D eigenvalue weighted by Crippen LogP contribution is 2.18. The summed E-state index contributed by atoms with van der Waals surface area (Å²) < 4.78 is 25.1. The monoisotopic (exact) mass is 471 g/mol. The van der Waals surface area contributed by atoms with Crippen LogP contribution in [0.5, 0.6) is 0 Å². The number of sulfone groups is 1. The van der Waals surface area contributed by atoms with Crippen LogP contribution in [0.25, 0.3) is 0 Å². The van der Waals surface area contributed by atoms with Gasteiger partial charge in [-0.05, 0) is 60.2 Å². The van der Waals surface area contributed by atoms with Crippen LogP contribution in [0.1, 0.15) is 26.3 Å². The summed E-state index contributed by atoms with van der Waals surface area (Å²) in [7, 11) is -3.47. The van der Waals surface area contributed by atoms with Gasteiger partial charge in [-0.3, -0.25) is 14.6 Å². The Hall–Kier alpha value is -4.30. The maximum absolute atomic E-state index is 12.7. The fraction of sp³-hybridized carbons (Fsp3) is 0.0385. The number of anilines is 2. The second-order valence-electron chi connectivity index (χ2n) is 7.49. The van der Waals surface area contributed by atoms with Gasteiger partial charge in [0.05, 0.1) is 10.6 Å². The first-order valence-electron chi connectivity index (χ1n) is 10.4. The van der Waals surface area contributed by atoms with Gasteiger partial charge in [-0.1, -0.05) is 36.4 Å². The molecule has 2 N–H and O–H groups in total. The molecule has 0 aliphatic heterocycles. The molecule has 4 aromatic rings. The van der Waals surface area contributed by atoms with E-state index < -0.39 is 9.84 Å². The van der Waals surface area contributed by atoms with Gasteiger partial charge < -0.3 is 10.6 Å². The van der Waals surface area contributed by atoms with Crippen molar-refractivity contribution < 1.29 is 18.0 Å². The van der Waals surface area contributed by atoms with Gasteiger partial charge in [0.1, 0.15) is 0 Å². The van der Waals surface area contributed by atoms with Crippen molar-refractivity contribution in [3.05, 3.63) is 120 Å². The van der Waals surface area contributed by atoms with Crippen molar-refractivity contribution in [1.29, 1.82) is 0 Å². The molecule has 0 fully saturated rings. The highest BCUT2D eigenvalue weighted by Gasteiger charge is 2.15. The SMILES string of the molecule is O=C(Nc1cccc(C(=O)Nc2ccncc2)c1)c1ccc(CS(=O)(=O)c2ccccc2)cc1. The number of nitrogens with one attached hydrogen (secondary N) is 2. The number of hydrogen-bond donors (Lipinski definition) is 2. The van der Waals surface area contributed by atoms with Gasteiger partial charge in [0, 0.05) is 34.9 Å². The Morgan fingerprint density at radius 2 is 1.32 bits per heavy atom. The summed E-state index contributed by atoms with van der Waals surface area (Å²) in [4.78, 5) is 29.3. The van der Waals surface area contributed by atoms with Crippen LogP contribution in [-0.4, -0.2) is 25.2 Å². The Bertz CT molecular complexity index is 1410. The summed E-state index contributed by atoms with van der Waals surface area (Å²) >= 11 is 0. The Morgan fingerprint density at radius 1 is 0.676 bits per heavy atom. The molecule has 0 saturated heterocycles. The van der Waals surface area contributed by atoms with Crippen LogP contribution >= 0.6 is 0 Å². The fourth-order valence-corrected chi connectivity index (χ4v) is 4.63. The molecule has 3 aromatic carbocycles. The van der Waals surface area contributed by atoms with Crippen molar-refractivity contribution in [2.45, 2.75) is 10.6 Å². The zero-order valence-corrected chi connectivity index (χ0v) is 18.8. The summed E-state index contributed by atoms with van der Waals surface area (Å²) in [5.41, 5.74) is 2.41. The van der Waals surface area contributed by atoms with Crippen molar-refractivity contribution in [2.24, 2.45) is 0 Å². The van der Waals surface area contributed by atoms with Crippen molar-refractivity contribution in [2.75, 3.05) is 10.6 Å². The summed E-state index contributed by atoms with van der Waals surface area (Å²) in [6.45, 7) is 0. The molecule has 8 heteroatoms. The first-order valence-corrected chi connectivity index (χ1v) is 12.1. The standard InChI is InChI=1S/C26H21N3O4S/c30-25(20-11-9-19(10-12-20)18-34(32,33)24-7-2-1-3-8-24)29-23-6-4-5-21(17-23)26(31)28-22-13-15-27-16-14-22/h1-17H,18H2,(H,29,30)(H,27,28,31). The van der Waals surface area contributed by atoms with E-state index in [1.54, 1.807) is 103 Å². The molecule has 7 nitrogen and oxygen atoms in total. The summed E-state index contributed by atoms with van der Waals surface area (Å²) in [5.74, 6) is -0.844. The topological polar surface area (TPSA) is 105 Å². The van der Waals surface area contributed by atoms with E-state index in [1.165, 1.54) is 0 Å². The van der Waals surface area contributed by atoms with E-state index in [2.05, 4.69) is 15.6 Å². The maximum atomic E-state index is 12.7. The molecular weight excluding hydrogens is 450 g/mol. The lowest BCUT2D eigenvalue weighted by Gasteiger charge is -2.09. The smallest absolute Gasteiger partial charge is 0.255 e. The van der Waals surface area contributed by atoms with Crippen LogP contribution in [0, 0.1) is 0 Å². The first kappa shape index (κ1) is 22.9. The summed E-state index contributed by atoms with van der Waals surface area (Å²) in [6.07, 6.45) is 3.16. The predicted molar refractivity (Wildman–Crippen MR) is 130 cm³/mol. The van der Waals surface area contributed by atoms with Crippen LogP contribution in [0.3, 0.4) is 0 Å². The zero-order valence-electron chi connectivity index (χ0n) is 18.0.